The van der Waals surface area contributed by atoms with Crippen LogP contribution >= 0.6 is 0 Å². The van der Waals surface area contributed by atoms with E-state index in [9.17, 15) is 0 Å². The smallest absolute Gasteiger partial charge is 0.0462 e. The third-order valence-corrected chi connectivity index (χ3v) is 4.65. The molecule has 2 unspecified atom stereocenters. The number of aromatic nitrogens is 1. The molecule has 1 aliphatic rings. The van der Waals surface area contributed by atoms with E-state index in [1.165, 1.54) is 53.3 Å². The van der Waals surface area contributed by atoms with Crippen LogP contribution in [0.15, 0.2) is 18.3 Å². The van der Waals surface area contributed by atoms with Crippen molar-refractivity contribution in [3.63, 3.8) is 0 Å². The van der Waals surface area contributed by atoms with Crippen molar-refractivity contribution in [1.82, 2.24) is 4.98 Å². The number of H-pyrrole nitrogens is 1. The summed E-state index contributed by atoms with van der Waals surface area (Å²) in [6, 6.07) is 4.91. The molecule has 1 aliphatic carbocycles. The van der Waals surface area contributed by atoms with Gasteiger partial charge in [0.25, 0.3) is 0 Å². The minimum Gasteiger partial charge on any atom is -0.361 e. The van der Waals surface area contributed by atoms with Crippen molar-refractivity contribution >= 4 is 10.9 Å². The molecule has 2 aromatic rings. The number of aryl methyl sites for hydroxylation is 2. The summed E-state index contributed by atoms with van der Waals surface area (Å²) >= 11 is 0. The minimum atomic E-state index is 0.393. The number of nitrogens with two attached hydrogens (primary N) is 1. The molecule has 1 aromatic carbocycles. The van der Waals surface area contributed by atoms with Crippen molar-refractivity contribution in [2.45, 2.75) is 52.0 Å². The highest BCUT2D eigenvalue weighted by atomic mass is 14.7. The number of aromatic amines is 1. The molecule has 19 heavy (non-hydrogen) atoms. The van der Waals surface area contributed by atoms with Crippen LogP contribution in [0.2, 0.25) is 0 Å². The van der Waals surface area contributed by atoms with Gasteiger partial charge in [-0.25, -0.2) is 0 Å². The van der Waals surface area contributed by atoms with Gasteiger partial charge < -0.3 is 10.7 Å². The van der Waals surface area contributed by atoms with Crippen molar-refractivity contribution in [1.29, 1.82) is 0 Å². The van der Waals surface area contributed by atoms with E-state index in [1.807, 2.05) is 0 Å². The summed E-state index contributed by atoms with van der Waals surface area (Å²) in [6.45, 7) is 4.37. The van der Waals surface area contributed by atoms with Crippen molar-refractivity contribution in [2.24, 2.45) is 11.7 Å². The molecule has 2 heteroatoms. The molecule has 0 bridgehead atoms. The number of hydrogen-bond acceptors (Lipinski definition) is 1. The molecule has 2 atom stereocenters. The Balaban J connectivity index is 1.93. The van der Waals surface area contributed by atoms with Crippen LogP contribution in [0.4, 0.5) is 0 Å². The summed E-state index contributed by atoms with van der Waals surface area (Å²) in [5.41, 5.74) is 11.7. The number of fused-ring (bicyclic) bond motifs is 1. The van der Waals surface area contributed by atoms with Crippen LogP contribution in [-0.4, -0.2) is 11.0 Å². The lowest BCUT2D eigenvalue weighted by molar-refractivity contribution is 0.307. The normalized spacial score (nSPS) is 23.9. The van der Waals surface area contributed by atoms with Gasteiger partial charge in [0.15, 0.2) is 0 Å². The van der Waals surface area contributed by atoms with Gasteiger partial charge in [0.2, 0.25) is 0 Å². The molecule has 0 spiro atoms. The molecule has 1 fully saturated rings. The second kappa shape index (κ2) is 5.01. The largest absolute Gasteiger partial charge is 0.361 e. The standard InChI is InChI=1S/C17H24N2/c1-11-7-12(2)17-14(10-19-16(17)8-11)9-13-5-3-4-6-15(13)18/h7-8,10,13,15,19H,3-6,9,18H2,1-2H3. The van der Waals surface area contributed by atoms with E-state index in [1.54, 1.807) is 0 Å². The SMILES string of the molecule is Cc1cc(C)c2c(CC3CCCCC3N)c[nH]c2c1. The van der Waals surface area contributed by atoms with Gasteiger partial charge in [-0.15, -0.1) is 0 Å². The van der Waals surface area contributed by atoms with Crippen molar-refractivity contribution in [3.05, 3.63) is 35.0 Å². The zero-order valence-electron chi connectivity index (χ0n) is 12.0. The molecule has 102 valence electrons. The molecule has 3 N–H and O–H groups in total. The van der Waals surface area contributed by atoms with E-state index < -0.39 is 0 Å². The van der Waals surface area contributed by atoms with Gasteiger partial charge >= 0.3 is 0 Å². The van der Waals surface area contributed by atoms with Crippen LogP contribution in [0.5, 0.6) is 0 Å². The summed E-state index contributed by atoms with van der Waals surface area (Å²) in [5, 5.41) is 1.42. The second-order valence-corrected chi connectivity index (χ2v) is 6.23. The zero-order chi connectivity index (χ0) is 13.4. The van der Waals surface area contributed by atoms with E-state index in [4.69, 9.17) is 5.73 Å². The van der Waals surface area contributed by atoms with E-state index in [2.05, 4.69) is 37.2 Å². The van der Waals surface area contributed by atoms with E-state index in [0.717, 1.165) is 6.42 Å². The Morgan fingerprint density at radius 1 is 1.21 bits per heavy atom. The van der Waals surface area contributed by atoms with Crippen LogP contribution in [0, 0.1) is 19.8 Å². The maximum atomic E-state index is 6.29. The first-order valence-electron chi connectivity index (χ1n) is 7.48. The Kier molecular flexibility index (Phi) is 3.36. The highest BCUT2D eigenvalue weighted by Crippen LogP contribution is 2.30. The summed E-state index contributed by atoms with van der Waals surface area (Å²) in [5.74, 6) is 0.661. The molecule has 0 aliphatic heterocycles. The first kappa shape index (κ1) is 12.7. The first-order chi connectivity index (χ1) is 9.15. The molecule has 2 nitrogen and oxygen atoms in total. The van der Waals surface area contributed by atoms with Crippen molar-refractivity contribution in [2.75, 3.05) is 0 Å². The Morgan fingerprint density at radius 3 is 2.79 bits per heavy atom. The molecular weight excluding hydrogens is 232 g/mol. The molecule has 0 radical (unpaired) electrons. The Labute approximate surface area is 115 Å². The molecule has 0 saturated heterocycles. The Morgan fingerprint density at radius 2 is 2.00 bits per heavy atom. The van der Waals surface area contributed by atoms with Gasteiger partial charge in [-0.2, -0.15) is 0 Å². The lowest BCUT2D eigenvalue weighted by Gasteiger charge is -2.28. The van der Waals surface area contributed by atoms with Gasteiger partial charge in [0.1, 0.15) is 0 Å². The molecule has 3 rings (SSSR count). The lowest BCUT2D eigenvalue weighted by atomic mass is 9.81. The van der Waals surface area contributed by atoms with Gasteiger partial charge in [-0.05, 0) is 61.8 Å². The summed E-state index contributed by atoms with van der Waals surface area (Å²) in [4.78, 5) is 3.43. The van der Waals surface area contributed by atoms with Crippen molar-refractivity contribution < 1.29 is 0 Å². The molecule has 1 heterocycles. The Bertz CT molecular complexity index is 582. The predicted molar refractivity (Wildman–Crippen MR) is 81.4 cm³/mol. The van der Waals surface area contributed by atoms with Gasteiger partial charge in [0.05, 0.1) is 0 Å². The predicted octanol–water partition coefficient (Wildman–Crippen LogP) is 3.84. The summed E-state index contributed by atoms with van der Waals surface area (Å²) in [6.07, 6.45) is 8.47. The van der Waals surface area contributed by atoms with Gasteiger partial charge in [-0.3, -0.25) is 0 Å². The molecule has 0 amide bonds. The maximum absolute atomic E-state index is 6.29. The van der Waals surface area contributed by atoms with Crippen LogP contribution in [0.25, 0.3) is 10.9 Å². The fourth-order valence-corrected chi connectivity index (χ4v) is 3.68. The van der Waals surface area contributed by atoms with Crippen LogP contribution in [0.1, 0.15) is 42.4 Å². The van der Waals surface area contributed by atoms with Gasteiger partial charge in [-0.1, -0.05) is 18.9 Å². The van der Waals surface area contributed by atoms with Gasteiger partial charge in [0, 0.05) is 23.1 Å². The zero-order valence-corrected chi connectivity index (χ0v) is 12.0. The third kappa shape index (κ3) is 2.42. The quantitative estimate of drug-likeness (QED) is 0.842. The highest BCUT2D eigenvalue weighted by Gasteiger charge is 2.23. The fourth-order valence-electron chi connectivity index (χ4n) is 3.68. The van der Waals surface area contributed by atoms with Crippen molar-refractivity contribution in [3.8, 4) is 0 Å². The first-order valence-corrected chi connectivity index (χ1v) is 7.48. The molecular formula is C17H24N2. The van der Waals surface area contributed by atoms with Crippen LogP contribution in [-0.2, 0) is 6.42 Å². The highest BCUT2D eigenvalue weighted by molar-refractivity contribution is 5.87. The Hall–Kier alpha value is -1.28. The fraction of sp³-hybridized carbons (Fsp3) is 0.529. The number of benzene rings is 1. The summed E-state index contributed by atoms with van der Waals surface area (Å²) in [7, 11) is 0. The molecule has 1 saturated carbocycles. The van der Waals surface area contributed by atoms with E-state index >= 15 is 0 Å². The lowest BCUT2D eigenvalue weighted by Crippen LogP contribution is -2.34. The van der Waals surface area contributed by atoms with Crippen LogP contribution in [0.3, 0.4) is 0 Å². The third-order valence-electron chi connectivity index (χ3n) is 4.65. The number of nitrogens with one attached hydrogen (secondary N) is 1. The van der Waals surface area contributed by atoms with E-state index in [0.29, 0.717) is 12.0 Å². The number of rotatable bonds is 2. The topological polar surface area (TPSA) is 41.8 Å². The van der Waals surface area contributed by atoms with E-state index in [-0.39, 0.29) is 0 Å². The second-order valence-electron chi connectivity index (χ2n) is 6.23. The monoisotopic (exact) mass is 256 g/mol. The summed E-state index contributed by atoms with van der Waals surface area (Å²) < 4.78 is 0. The number of hydrogen-bond donors (Lipinski definition) is 2. The maximum Gasteiger partial charge on any atom is 0.0462 e. The minimum absolute atomic E-state index is 0.393. The molecule has 1 aromatic heterocycles. The average molecular weight is 256 g/mol. The van der Waals surface area contributed by atoms with Crippen LogP contribution < -0.4 is 5.73 Å². The average Bonchev–Trinajstić information content (AvgIpc) is 2.75.